The normalized spacial score (nSPS) is 12.6. The smallest absolute Gasteiger partial charge is 0.343 e. The van der Waals surface area contributed by atoms with E-state index in [-0.39, 0.29) is 5.75 Å². The van der Waals surface area contributed by atoms with Gasteiger partial charge in [0, 0.05) is 14.2 Å². The Bertz CT molecular complexity index is 655. The zero-order chi connectivity index (χ0) is 17.8. The van der Waals surface area contributed by atoms with Crippen LogP contribution in [-0.4, -0.2) is 37.4 Å². The van der Waals surface area contributed by atoms with Crippen LogP contribution in [0.2, 0.25) is 0 Å². The van der Waals surface area contributed by atoms with Crippen molar-refractivity contribution in [1.29, 1.82) is 0 Å². The average molecular weight is 342 g/mol. The molecule has 0 spiro atoms. The number of aromatic hydroxyl groups is 1. The highest BCUT2D eigenvalue weighted by molar-refractivity contribution is 7.56. The molecule has 1 N–H and O–H groups in total. The van der Waals surface area contributed by atoms with Crippen LogP contribution in [0.4, 0.5) is 0 Å². The Morgan fingerprint density at radius 1 is 1.22 bits per heavy atom. The topological polar surface area (TPSA) is 82.1 Å². The van der Waals surface area contributed by atoms with Gasteiger partial charge in [0.05, 0.1) is 7.11 Å². The Hall–Kier alpha value is -1.62. The van der Waals surface area contributed by atoms with E-state index < -0.39 is 18.5 Å². The first-order valence-electron chi connectivity index (χ1n) is 6.94. The fourth-order valence-corrected chi connectivity index (χ4v) is 3.47. The molecule has 0 saturated heterocycles. The zero-order valence-electron chi connectivity index (χ0n) is 14.2. The quantitative estimate of drug-likeness (QED) is 0.603. The molecule has 0 amide bonds. The van der Waals surface area contributed by atoms with Crippen LogP contribution in [0.25, 0.3) is 6.08 Å². The van der Waals surface area contributed by atoms with Crippen LogP contribution in [0.1, 0.15) is 25.0 Å². The number of methoxy groups -OCH3 is 1. The molecule has 0 fully saturated rings. The number of carbonyl (C=O) groups excluding carboxylic acids is 1. The molecule has 0 aromatic heterocycles. The van der Waals surface area contributed by atoms with Crippen LogP contribution in [0.3, 0.4) is 0 Å². The molecule has 1 aromatic rings. The summed E-state index contributed by atoms with van der Waals surface area (Å²) < 4.78 is 27.4. The SMILES string of the molecule is COc1cc(C=CC(=O)C(C)(C)P(=O)(OC)OC)cc(C)c1O. The lowest BCUT2D eigenvalue weighted by Gasteiger charge is -2.28. The summed E-state index contributed by atoms with van der Waals surface area (Å²) in [6, 6.07) is 3.31. The molecule has 23 heavy (non-hydrogen) atoms. The van der Waals surface area contributed by atoms with Gasteiger partial charge in [-0.2, -0.15) is 0 Å². The summed E-state index contributed by atoms with van der Waals surface area (Å²) in [7, 11) is 0.383. The number of aryl methyl sites for hydroxylation is 1. The average Bonchev–Trinajstić information content (AvgIpc) is 2.54. The number of phenolic OH excluding ortho intramolecular Hbond substituents is 1. The molecule has 6 nitrogen and oxygen atoms in total. The molecule has 128 valence electrons. The fraction of sp³-hybridized carbons (Fsp3) is 0.438. The molecule has 0 heterocycles. The Kier molecular flexibility index (Phi) is 6.17. The highest BCUT2D eigenvalue weighted by Crippen LogP contribution is 2.59. The Morgan fingerprint density at radius 2 is 1.78 bits per heavy atom. The second kappa shape index (κ2) is 7.30. The van der Waals surface area contributed by atoms with E-state index in [0.717, 1.165) is 0 Å². The van der Waals surface area contributed by atoms with Crippen molar-refractivity contribution in [3.63, 3.8) is 0 Å². The van der Waals surface area contributed by atoms with Gasteiger partial charge in [0.1, 0.15) is 5.16 Å². The van der Waals surface area contributed by atoms with Gasteiger partial charge in [0.2, 0.25) is 0 Å². The van der Waals surface area contributed by atoms with Crippen LogP contribution in [0.5, 0.6) is 11.5 Å². The van der Waals surface area contributed by atoms with Crippen LogP contribution in [-0.2, 0) is 18.4 Å². The fourth-order valence-electron chi connectivity index (χ4n) is 2.07. The third-order valence-corrected chi connectivity index (χ3v) is 6.25. The molecular formula is C16H23O6P. The number of ketones is 1. The number of ether oxygens (including phenoxy) is 1. The molecule has 1 rings (SSSR count). The van der Waals surface area contributed by atoms with E-state index in [2.05, 4.69) is 0 Å². The van der Waals surface area contributed by atoms with Crippen LogP contribution in [0.15, 0.2) is 18.2 Å². The van der Waals surface area contributed by atoms with Crippen molar-refractivity contribution in [2.75, 3.05) is 21.3 Å². The van der Waals surface area contributed by atoms with Crippen molar-refractivity contribution in [3.8, 4) is 11.5 Å². The Balaban J connectivity index is 3.12. The number of carbonyl (C=O) groups is 1. The number of phenols is 1. The second-order valence-electron chi connectivity index (χ2n) is 5.51. The number of hydrogen-bond acceptors (Lipinski definition) is 6. The van der Waals surface area contributed by atoms with Crippen molar-refractivity contribution in [2.24, 2.45) is 0 Å². The molecule has 1 aromatic carbocycles. The number of allylic oxidation sites excluding steroid dienone is 1. The standard InChI is InChI=1S/C16H23O6P/c1-11-9-12(10-13(20-4)15(11)18)7-8-14(17)16(2,3)23(19,21-5)22-6/h7-10,18H,1-6H3. The number of rotatable bonds is 7. The van der Waals surface area contributed by atoms with Gasteiger partial charge in [-0.25, -0.2) is 0 Å². The zero-order valence-corrected chi connectivity index (χ0v) is 15.1. The molecule has 0 radical (unpaired) electrons. The van der Waals surface area contributed by atoms with Crippen LogP contribution < -0.4 is 4.74 Å². The van der Waals surface area contributed by atoms with E-state index >= 15 is 0 Å². The van der Waals surface area contributed by atoms with Gasteiger partial charge in [0.25, 0.3) is 0 Å². The van der Waals surface area contributed by atoms with Crippen molar-refractivity contribution < 1.29 is 28.3 Å². The first-order chi connectivity index (χ1) is 10.6. The largest absolute Gasteiger partial charge is 0.504 e. The molecule has 0 aliphatic carbocycles. The monoisotopic (exact) mass is 342 g/mol. The molecular weight excluding hydrogens is 319 g/mol. The predicted octanol–water partition coefficient (Wildman–Crippen LogP) is 3.56. The van der Waals surface area contributed by atoms with Crippen molar-refractivity contribution in [2.45, 2.75) is 25.9 Å². The molecule has 0 unspecified atom stereocenters. The lowest BCUT2D eigenvalue weighted by atomic mass is 10.0. The minimum Gasteiger partial charge on any atom is -0.504 e. The van der Waals surface area contributed by atoms with E-state index in [0.29, 0.717) is 16.9 Å². The first-order valence-corrected chi connectivity index (χ1v) is 8.49. The van der Waals surface area contributed by atoms with Gasteiger partial charge in [-0.15, -0.1) is 0 Å². The summed E-state index contributed by atoms with van der Waals surface area (Å²) in [5.41, 5.74) is 1.29. The minimum atomic E-state index is -3.56. The van der Waals surface area contributed by atoms with Crippen LogP contribution >= 0.6 is 7.60 Å². The summed E-state index contributed by atoms with van der Waals surface area (Å²) >= 11 is 0. The van der Waals surface area contributed by atoms with E-state index in [1.807, 2.05) is 0 Å². The van der Waals surface area contributed by atoms with Gasteiger partial charge in [-0.1, -0.05) is 6.08 Å². The van der Waals surface area contributed by atoms with E-state index in [9.17, 15) is 14.5 Å². The summed E-state index contributed by atoms with van der Waals surface area (Å²) in [5.74, 6) is -0.0235. The molecule has 0 aliphatic rings. The predicted molar refractivity (Wildman–Crippen MR) is 89.1 cm³/mol. The maximum Gasteiger partial charge on any atom is 0.343 e. The van der Waals surface area contributed by atoms with Gasteiger partial charge in [0.15, 0.2) is 17.3 Å². The third-order valence-electron chi connectivity index (χ3n) is 3.70. The Labute approximate surface area is 136 Å². The van der Waals surface area contributed by atoms with E-state index in [1.54, 1.807) is 25.1 Å². The van der Waals surface area contributed by atoms with Crippen molar-refractivity contribution in [1.82, 2.24) is 0 Å². The van der Waals surface area contributed by atoms with Crippen molar-refractivity contribution in [3.05, 3.63) is 29.3 Å². The maximum absolute atomic E-state index is 12.5. The summed E-state index contributed by atoms with van der Waals surface area (Å²) in [4.78, 5) is 12.4. The lowest BCUT2D eigenvalue weighted by molar-refractivity contribution is -0.116. The van der Waals surface area contributed by atoms with Crippen molar-refractivity contribution >= 4 is 19.5 Å². The highest BCUT2D eigenvalue weighted by atomic mass is 31.2. The molecule has 0 bridgehead atoms. The molecule has 0 atom stereocenters. The van der Waals surface area contributed by atoms with Gasteiger partial charge in [-0.3, -0.25) is 9.36 Å². The first kappa shape index (κ1) is 19.4. The van der Waals surface area contributed by atoms with Gasteiger partial charge >= 0.3 is 7.60 Å². The lowest BCUT2D eigenvalue weighted by Crippen LogP contribution is -2.31. The summed E-state index contributed by atoms with van der Waals surface area (Å²) in [5, 5.41) is 8.50. The van der Waals surface area contributed by atoms with Crippen LogP contribution in [0, 0.1) is 6.92 Å². The Morgan fingerprint density at radius 3 is 2.26 bits per heavy atom. The summed E-state index contributed by atoms with van der Waals surface area (Å²) in [6.07, 6.45) is 2.88. The maximum atomic E-state index is 12.5. The third kappa shape index (κ3) is 3.83. The van der Waals surface area contributed by atoms with Gasteiger partial charge < -0.3 is 18.9 Å². The van der Waals surface area contributed by atoms with E-state index in [1.165, 1.54) is 41.3 Å². The minimum absolute atomic E-state index is 0.0552. The molecule has 0 aliphatic heterocycles. The number of benzene rings is 1. The van der Waals surface area contributed by atoms with Gasteiger partial charge in [-0.05, 0) is 50.1 Å². The highest BCUT2D eigenvalue weighted by Gasteiger charge is 2.46. The molecule has 0 saturated carbocycles. The molecule has 7 heteroatoms. The summed E-state index contributed by atoms with van der Waals surface area (Å²) in [6.45, 7) is 4.75. The van der Waals surface area contributed by atoms with E-state index in [4.69, 9.17) is 13.8 Å². The second-order valence-corrected chi connectivity index (χ2v) is 8.35. The number of hydrogen-bond donors (Lipinski definition) is 1.